The van der Waals surface area contributed by atoms with Crippen molar-refractivity contribution in [1.29, 1.82) is 0 Å². The summed E-state index contributed by atoms with van der Waals surface area (Å²) in [5, 5.41) is 22.4. The molecule has 9 nitrogen and oxygen atoms in total. The van der Waals surface area contributed by atoms with Crippen molar-refractivity contribution in [1.82, 2.24) is 25.2 Å². The summed E-state index contributed by atoms with van der Waals surface area (Å²) in [5.41, 5.74) is 1.09. The highest BCUT2D eigenvalue weighted by Crippen LogP contribution is 2.41. The molecule has 2 bridgehead atoms. The Kier molecular flexibility index (Phi) is 6.80. The standard InChI is InChI=1S/C17H16ClN7O2S.2H2S/c18-12-3-1-2-4-13(12)23-7-11-5-10(23)8-24(11)17-19-6-14(28-17)16-20-22-25(21-16)9-15(26)27;;/h1-4,6,10-11H,5,7-9H2,(H,26,27);2*1H2/t10-,11-;;/m0../s1. The lowest BCUT2D eigenvalue weighted by Crippen LogP contribution is -2.46. The van der Waals surface area contributed by atoms with Crippen LogP contribution in [0.5, 0.6) is 0 Å². The lowest BCUT2D eigenvalue weighted by atomic mass is 10.2. The van der Waals surface area contributed by atoms with Gasteiger partial charge < -0.3 is 14.9 Å². The summed E-state index contributed by atoms with van der Waals surface area (Å²) in [7, 11) is 0. The molecule has 0 aliphatic carbocycles. The first-order valence-electron chi connectivity index (χ1n) is 8.82. The molecule has 13 heteroatoms. The summed E-state index contributed by atoms with van der Waals surface area (Å²) in [6.45, 7) is 1.49. The number of carbonyl (C=O) groups is 1. The Balaban J connectivity index is 0.00000128. The average Bonchev–Trinajstić information content (AvgIpc) is 3.44. The Morgan fingerprint density at radius 3 is 2.63 bits per heavy atom. The number of nitrogens with zero attached hydrogens (tertiary/aromatic N) is 7. The number of carboxylic acids is 1. The number of carboxylic acid groups (broad SMARTS) is 1. The molecule has 2 atom stereocenters. The average molecular weight is 486 g/mol. The van der Waals surface area contributed by atoms with Crippen molar-refractivity contribution in [3.8, 4) is 10.7 Å². The van der Waals surface area contributed by atoms with Gasteiger partial charge in [0.15, 0.2) is 11.7 Å². The van der Waals surface area contributed by atoms with Crippen LogP contribution in [0.1, 0.15) is 6.42 Å². The fourth-order valence-electron chi connectivity index (χ4n) is 3.91. The molecule has 0 spiro atoms. The first-order chi connectivity index (χ1) is 13.6. The molecule has 2 aliphatic rings. The van der Waals surface area contributed by atoms with Crippen LogP contribution < -0.4 is 9.80 Å². The van der Waals surface area contributed by atoms with Crippen molar-refractivity contribution in [3.05, 3.63) is 35.5 Å². The summed E-state index contributed by atoms with van der Waals surface area (Å²) in [4.78, 5) is 21.9. The van der Waals surface area contributed by atoms with E-state index in [1.807, 2.05) is 18.2 Å². The van der Waals surface area contributed by atoms with Crippen LogP contribution in [0, 0.1) is 0 Å². The topological polar surface area (TPSA) is 100 Å². The van der Waals surface area contributed by atoms with Gasteiger partial charge in [0.05, 0.1) is 27.8 Å². The van der Waals surface area contributed by atoms with Crippen LogP contribution in [0.2, 0.25) is 5.02 Å². The van der Waals surface area contributed by atoms with Gasteiger partial charge in [-0.2, -0.15) is 31.8 Å². The fourth-order valence-corrected chi connectivity index (χ4v) is 5.08. The Morgan fingerprint density at radius 1 is 1.20 bits per heavy atom. The normalized spacial score (nSPS) is 19.5. The molecule has 3 aromatic rings. The number of aromatic nitrogens is 5. The monoisotopic (exact) mass is 485 g/mol. The molecule has 30 heavy (non-hydrogen) atoms. The molecule has 160 valence electrons. The van der Waals surface area contributed by atoms with Crippen LogP contribution in [0.3, 0.4) is 0 Å². The van der Waals surface area contributed by atoms with Crippen LogP contribution in [0.15, 0.2) is 30.5 Å². The molecular formula is C17H20ClN7O2S3. The largest absolute Gasteiger partial charge is 0.480 e. The molecule has 0 amide bonds. The number of anilines is 2. The second kappa shape index (κ2) is 9.00. The smallest absolute Gasteiger partial charge is 0.327 e. The number of aliphatic carboxylic acids is 1. The van der Waals surface area contributed by atoms with Gasteiger partial charge in [0.25, 0.3) is 0 Å². The molecule has 1 N–H and O–H groups in total. The maximum absolute atomic E-state index is 10.8. The minimum absolute atomic E-state index is 0. The third-order valence-corrected chi connectivity index (χ3v) is 6.44. The van der Waals surface area contributed by atoms with Gasteiger partial charge in [-0.3, -0.25) is 4.79 Å². The highest BCUT2D eigenvalue weighted by molar-refractivity contribution is 7.59. The maximum Gasteiger partial charge on any atom is 0.327 e. The van der Waals surface area contributed by atoms with Crippen molar-refractivity contribution < 1.29 is 9.90 Å². The number of fused-ring (bicyclic) bond motifs is 2. The van der Waals surface area contributed by atoms with Crippen molar-refractivity contribution >= 4 is 66.7 Å². The van der Waals surface area contributed by atoms with E-state index in [0.29, 0.717) is 17.9 Å². The Bertz CT molecular complexity index is 1050. The third-order valence-electron chi connectivity index (χ3n) is 5.09. The Hall–Kier alpha value is -2.02. The molecule has 1 aromatic carbocycles. The zero-order valence-electron chi connectivity index (χ0n) is 15.6. The summed E-state index contributed by atoms with van der Waals surface area (Å²) >= 11 is 7.88. The van der Waals surface area contributed by atoms with Gasteiger partial charge >= 0.3 is 5.97 Å². The van der Waals surface area contributed by atoms with E-state index in [0.717, 1.165) is 45.0 Å². The minimum Gasteiger partial charge on any atom is -0.480 e. The lowest BCUT2D eigenvalue weighted by molar-refractivity contribution is -0.138. The number of hydrogen-bond acceptors (Lipinski definition) is 8. The molecule has 4 heterocycles. The van der Waals surface area contributed by atoms with E-state index in [4.69, 9.17) is 16.7 Å². The van der Waals surface area contributed by atoms with E-state index in [1.54, 1.807) is 6.20 Å². The predicted octanol–water partition coefficient (Wildman–Crippen LogP) is 2.23. The van der Waals surface area contributed by atoms with Crippen molar-refractivity contribution in [3.63, 3.8) is 0 Å². The molecule has 5 rings (SSSR count). The van der Waals surface area contributed by atoms with E-state index in [1.165, 1.54) is 11.3 Å². The van der Waals surface area contributed by atoms with Crippen LogP contribution >= 0.6 is 49.9 Å². The van der Waals surface area contributed by atoms with Crippen molar-refractivity contribution in [2.75, 3.05) is 22.9 Å². The second-order valence-electron chi connectivity index (χ2n) is 6.84. The van der Waals surface area contributed by atoms with E-state index >= 15 is 0 Å². The zero-order chi connectivity index (χ0) is 19.3. The zero-order valence-corrected chi connectivity index (χ0v) is 19.2. The van der Waals surface area contributed by atoms with Crippen LogP contribution in [-0.2, 0) is 11.3 Å². The van der Waals surface area contributed by atoms with E-state index in [2.05, 4.69) is 36.3 Å². The Morgan fingerprint density at radius 2 is 1.93 bits per heavy atom. The molecule has 2 aromatic heterocycles. The third kappa shape index (κ3) is 4.09. The highest BCUT2D eigenvalue weighted by atomic mass is 35.5. The summed E-state index contributed by atoms with van der Waals surface area (Å²) in [5.74, 6) is -0.614. The molecule has 0 radical (unpaired) electrons. The Labute approximate surface area is 195 Å². The van der Waals surface area contributed by atoms with Crippen molar-refractivity contribution in [2.24, 2.45) is 0 Å². The van der Waals surface area contributed by atoms with Crippen LogP contribution in [-0.4, -0.2) is 61.4 Å². The predicted molar refractivity (Wildman–Crippen MR) is 126 cm³/mol. The highest BCUT2D eigenvalue weighted by Gasteiger charge is 2.44. The molecular weight excluding hydrogens is 466 g/mol. The quantitative estimate of drug-likeness (QED) is 0.587. The first kappa shape index (κ1) is 22.7. The number of halogens is 1. The maximum atomic E-state index is 10.8. The SMILES string of the molecule is O=C(O)Cn1nnc(-c2cnc(N3C[C@@H]4C[C@H]3CN4c3ccccc3Cl)s2)n1.S.S. The first-order valence-corrected chi connectivity index (χ1v) is 10.0. The minimum atomic E-state index is -1.01. The number of tetrazole rings is 1. The second-order valence-corrected chi connectivity index (χ2v) is 8.26. The van der Waals surface area contributed by atoms with E-state index in [9.17, 15) is 4.79 Å². The summed E-state index contributed by atoms with van der Waals surface area (Å²) < 4.78 is 0. The van der Waals surface area contributed by atoms with E-state index < -0.39 is 5.97 Å². The number of rotatable bonds is 5. The van der Waals surface area contributed by atoms with Gasteiger partial charge in [0, 0.05) is 19.1 Å². The van der Waals surface area contributed by atoms with Gasteiger partial charge in [-0.25, -0.2) is 4.98 Å². The van der Waals surface area contributed by atoms with Gasteiger partial charge in [0.1, 0.15) is 0 Å². The van der Waals surface area contributed by atoms with Gasteiger partial charge in [0.2, 0.25) is 5.82 Å². The summed E-state index contributed by atoms with van der Waals surface area (Å²) in [6, 6.07) is 8.76. The number of hydrogen-bond donors (Lipinski definition) is 1. The van der Waals surface area contributed by atoms with E-state index in [-0.39, 0.29) is 33.5 Å². The van der Waals surface area contributed by atoms with Crippen LogP contribution in [0.4, 0.5) is 10.8 Å². The number of benzene rings is 1. The summed E-state index contributed by atoms with van der Waals surface area (Å²) in [6.07, 6.45) is 2.80. The van der Waals surface area contributed by atoms with Crippen molar-refractivity contribution in [2.45, 2.75) is 25.0 Å². The number of para-hydroxylation sites is 1. The molecule has 2 fully saturated rings. The lowest BCUT2D eigenvalue weighted by Gasteiger charge is -2.35. The van der Waals surface area contributed by atoms with Gasteiger partial charge in [-0.1, -0.05) is 35.1 Å². The van der Waals surface area contributed by atoms with Crippen LogP contribution in [0.25, 0.3) is 10.7 Å². The number of thiazole rings is 1. The van der Waals surface area contributed by atoms with Gasteiger partial charge in [-0.15, -0.1) is 10.2 Å². The fraction of sp³-hybridized carbons (Fsp3) is 0.353. The molecule has 0 unspecified atom stereocenters. The van der Waals surface area contributed by atoms with Gasteiger partial charge in [-0.05, 0) is 23.8 Å². The molecule has 0 saturated carbocycles. The number of piperazine rings is 1. The molecule has 2 saturated heterocycles. The molecule has 2 aliphatic heterocycles.